The fraction of sp³-hybridized carbons (Fsp3) is 0.533. The van der Waals surface area contributed by atoms with Crippen molar-refractivity contribution in [3.8, 4) is 0 Å². The van der Waals surface area contributed by atoms with Crippen LogP contribution in [0, 0.1) is 12.8 Å². The molecule has 2 heteroatoms. The van der Waals surface area contributed by atoms with E-state index >= 15 is 0 Å². The first-order chi connectivity index (χ1) is 8.15. The van der Waals surface area contributed by atoms with E-state index in [4.69, 9.17) is 0 Å². The van der Waals surface area contributed by atoms with E-state index in [0.29, 0.717) is 5.78 Å². The molecule has 0 spiro atoms. The molecule has 0 aromatic heterocycles. The van der Waals surface area contributed by atoms with Crippen LogP contribution in [0.15, 0.2) is 24.3 Å². The van der Waals surface area contributed by atoms with Crippen LogP contribution in [0.25, 0.3) is 0 Å². The molecule has 92 valence electrons. The van der Waals surface area contributed by atoms with Crippen LogP contribution >= 0.6 is 0 Å². The van der Waals surface area contributed by atoms with E-state index in [2.05, 4.69) is 43.1 Å². The molecular weight excluding hydrogens is 210 g/mol. The summed E-state index contributed by atoms with van der Waals surface area (Å²) in [5.74, 6) is 0.742. The normalized spacial score (nSPS) is 20.2. The molecule has 2 nitrogen and oxygen atoms in total. The van der Waals surface area contributed by atoms with Crippen molar-refractivity contribution in [3.05, 3.63) is 35.4 Å². The second kappa shape index (κ2) is 5.46. The van der Waals surface area contributed by atoms with Crippen LogP contribution < -0.4 is 0 Å². The summed E-state index contributed by atoms with van der Waals surface area (Å²) in [6.45, 7) is 3.96. The summed E-state index contributed by atoms with van der Waals surface area (Å²) < 4.78 is 0. The highest BCUT2D eigenvalue weighted by Gasteiger charge is 2.25. The molecule has 1 unspecified atom stereocenters. The Kier molecular flexibility index (Phi) is 3.95. The molecule has 1 aliphatic carbocycles. The van der Waals surface area contributed by atoms with E-state index in [9.17, 15) is 4.79 Å². The van der Waals surface area contributed by atoms with E-state index in [-0.39, 0.29) is 5.92 Å². The van der Waals surface area contributed by atoms with Crippen molar-refractivity contribution in [3.63, 3.8) is 0 Å². The van der Waals surface area contributed by atoms with Crippen LogP contribution in [-0.2, 0) is 11.3 Å². The molecular formula is C15H21NO. The van der Waals surface area contributed by atoms with E-state index in [1.165, 1.54) is 11.1 Å². The molecule has 17 heavy (non-hydrogen) atoms. The zero-order valence-corrected chi connectivity index (χ0v) is 10.8. The first-order valence-corrected chi connectivity index (χ1v) is 6.42. The van der Waals surface area contributed by atoms with Gasteiger partial charge in [0, 0.05) is 25.4 Å². The lowest BCUT2D eigenvalue weighted by Gasteiger charge is -2.20. The molecule has 2 rings (SSSR count). The second-order valence-electron chi connectivity index (χ2n) is 5.24. The molecule has 0 radical (unpaired) electrons. The van der Waals surface area contributed by atoms with Crippen LogP contribution in [0.5, 0.6) is 0 Å². The number of Topliss-reactive ketones (excluding diaryl/α,β-unsaturated/α-hetero) is 1. The Labute approximate surface area is 104 Å². The van der Waals surface area contributed by atoms with Gasteiger partial charge in [0.1, 0.15) is 5.78 Å². The van der Waals surface area contributed by atoms with Gasteiger partial charge in [-0.25, -0.2) is 0 Å². The lowest BCUT2D eigenvalue weighted by Crippen LogP contribution is -2.27. The minimum atomic E-state index is 0.282. The first kappa shape index (κ1) is 12.3. The maximum Gasteiger partial charge on any atom is 0.137 e. The highest BCUT2D eigenvalue weighted by Crippen LogP contribution is 2.22. The van der Waals surface area contributed by atoms with Crippen LogP contribution in [-0.4, -0.2) is 24.3 Å². The molecule has 0 saturated heterocycles. The van der Waals surface area contributed by atoms with Crippen LogP contribution in [0.4, 0.5) is 0 Å². The van der Waals surface area contributed by atoms with Crippen molar-refractivity contribution < 1.29 is 4.79 Å². The number of carbonyl (C=O) groups is 1. The third-order valence-electron chi connectivity index (χ3n) is 3.50. The number of ketones is 1. The number of nitrogens with zero attached hydrogens (tertiary/aromatic N) is 1. The van der Waals surface area contributed by atoms with Crippen LogP contribution in [0.2, 0.25) is 0 Å². The minimum absolute atomic E-state index is 0.282. The monoisotopic (exact) mass is 231 g/mol. The highest BCUT2D eigenvalue weighted by atomic mass is 16.1. The average Bonchev–Trinajstić information content (AvgIpc) is 2.64. The highest BCUT2D eigenvalue weighted by molar-refractivity contribution is 5.83. The van der Waals surface area contributed by atoms with Gasteiger partial charge in [-0.05, 0) is 32.4 Å². The quantitative estimate of drug-likeness (QED) is 0.794. The van der Waals surface area contributed by atoms with Gasteiger partial charge in [0.25, 0.3) is 0 Å². The summed E-state index contributed by atoms with van der Waals surface area (Å²) in [4.78, 5) is 13.9. The van der Waals surface area contributed by atoms with Gasteiger partial charge in [-0.15, -0.1) is 0 Å². The zero-order valence-electron chi connectivity index (χ0n) is 10.8. The van der Waals surface area contributed by atoms with Gasteiger partial charge in [-0.3, -0.25) is 4.79 Å². The van der Waals surface area contributed by atoms with Gasteiger partial charge in [0.05, 0.1) is 0 Å². The van der Waals surface area contributed by atoms with E-state index in [0.717, 1.165) is 32.4 Å². The molecule has 0 heterocycles. The summed E-state index contributed by atoms with van der Waals surface area (Å²) in [7, 11) is 2.11. The van der Waals surface area contributed by atoms with Crippen molar-refractivity contribution in [1.29, 1.82) is 0 Å². The predicted molar refractivity (Wildman–Crippen MR) is 69.9 cm³/mol. The van der Waals surface area contributed by atoms with Gasteiger partial charge in [-0.2, -0.15) is 0 Å². The number of hydrogen-bond acceptors (Lipinski definition) is 2. The van der Waals surface area contributed by atoms with Crippen LogP contribution in [0.3, 0.4) is 0 Å². The molecule has 1 aromatic rings. The number of carbonyl (C=O) groups excluding carboxylic acids is 1. The maximum absolute atomic E-state index is 11.6. The van der Waals surface area contributed by atoms with Gasteiger partial charge in [0.2, 0.25) is 0 Å². The third-order valence-corrected chi connectivity index (χ3v) is 3.50. The number of hydrogen-bond donors (Lipinski definition) is 0. The zero-order chi connectivity index (χ0) is 12.3. The lowest BCUT2D eigenvalue weighted by atomic mass is 10.1. The summed E-state index contributed by atoms with van der Waals surface area (Å²) in [5.41, 5.74) is 2.63. The fourth-order valence-corrected chi connectivity index (χ4v) is 2.64. The molecule has 1 fully saturated rings. The first-order valence-electron chi connectivity index (χ1n) is 6.42. The Bertz CT molecular complexity index is 400. The topological polar surface area (TPSA) is 20.3 Å². The molecule has 1 atom stereocenters. The Morgan fingerprint density at radius 2 is 2.24 bits per heavy atom. The Hall–Kier alpha value is -1.15. The van der Waals surface area contributed by atoms with Crippen molar-refractivity contribution >= 4 is 5.78 Å². The van der Waals surface area contributed by atoms with Crippen LogP contribution in [0.1, 0.15) is 30.4 Å². The molecule has 0 bridgehead atoms. The molecule has 1 saturated carbocycles. The van der Waals surface area contributed by atoms with E-state index in [1.54, 1.807) is 0 Å². The number of benzene rings is 1. The average molecular weight is 231 g/mol. The van der Waals surface area contributed by atoms with Gasteiger partial charge >= 0.3 is 0 Å². The van der Waals surface area contributed by atoms with E-state index in [1.807, 2.05) is 0 Å². The van der Waals surface area contributed by atoms with Crippen molar-refractivity contribution in [2.24, 2.45) is 5.92 Å². The standard InChI is InChI=1S/C15H21NO/c1-12-5-3-6-13(9-12)10-16(2)11-14-7-4-8-15(14)17/h3,5-6,9,14H,4,7-8,10-11H2,1-2H3. The van der Waals surface area contributed by atoms with Gasteiger partial charge < -0.3 is 4.90 Å². The van der Waals surface area contributed by atoms with Crippen molar-refractivity contribution in [1.82, 2.24) is 4.90 Å². The minimum Gasteiger partial charge on any atom is -0.301 e. The number of rotatable bonds is 4. The molecule has 1 aliphatic rings. The fourth-order valence-electron chi connectivity index (χ4n) is 2.64. The molecule has 0 amide bonds. The summed E-state index contributed by atoms with van der Waals surface area (Å²) in [5, 5.41) is 0. The molecule has 0 aliphatic heterocycles. The summed E-state index contributed by atoms with van der Waals surface area (Å²) in [6, 6.07) is 8.58. The molecule has 0 N–H and O–H groups in total. The largest absolute Gasteiger partial charge is 0.301 e. The Balaban J connectivity index is 1.88. The van der Waals surface area contributed by atoms with Gasteiger partial charge in [-0.1, -0.05) is 29.8 Å². The van der Waals surface area contributed by atoms with Gasteiger partial charge in [0.15, 0.2) is 0 Å². The van der Waals surface area contributed by atoms with E-state index < -0.39 is 0 Å². The Morgan fingerprint density at radius 1 is 1.41 bits per heavy atom. The van der Waals surface area contributed by atoms with Crippen molar-refractivity contribution in [2.45, 2.75) is 32.7 Å². The predicted octanol–water partition coefficient (Wildman–Crippen LogP) is 2.80. The summed E-state index contributed by atoms with van der Waals surface area (Å²) in [6.07, 6.45) is 2.96. The summed E-state index contributed by atoms with van der Waals surface area (Å²) >= 11 is 0. The third kappa shape index (κ3) is 3.40. The van der Waals surface area contributed by atoms with Crippen molar-refractivity contribution in [2.75, 3.05) is 13.6 Å². The number of aryl methyl sites for hydroxylation is 1. The Morgan fingerprint density at radius 3 is 2.88 bits per heavy atom. The SMILES string of the molecule is Cc1cccc(CN(C)CC2CCCC2=O)c1. The second-order valence-corrected chi connectivity index (χ2v) is 5.24. The lowest BCUT2D eigenvalue weighted by molar-refractivity contribution is -0.121. The maximum atomic E-state index is 11.6. The smallest absolute Gasteiger partial charge is 0.137 e. The molecule has 1 aromatic carbocycles.